The summed E-state index contributed by atoms with van der Waals surface area (Å²) >= 11 is 3.30. The Morgan fingerprint density at radius 2 is 1.86 bits per heavy atom. The molecule has 2 aromatic rings. The number of carbonyl (C=O) groups is 2. The molecule has 5 heteroatoms. The van der Waals surface area contributed by atoms with E-state index in [4.69, 9.17) is 0 Å². The number of pyridine rings is 1. The average Bonchev–Trinajstić information content (AvgIpc) is 2.52. The van der Waals surface area contributed by atoms with Crippen LogP contribution in [0, 0.1) is 0 Å². The van der Waals surface area contributed by atoms with Gasteiger partial charge in [-0.2, -0.15) is 0 Å². The zero-order valence-corrected chi connectivity index (χ0v) is 12.7. The molecule has 0 saturated heterocycles. The number of nitrogens with one attached hydrogen (secondary N) is 1. The van der Waals surface area contributed by atoms with Gasteiger partial charge in [-0.3, -0.25) is 14.6 Å². The number of halogens is 1. The third kappa shape index (κ3) is 4.96. The van der Waals surface area contributed by atoms with Gasteiger partial charge in [0, 0.05) is 22.3 Å². The molecule has 2 rings (SSSR count). The van der Waals surface area contributed by atoms with Gasteiger partial charge in [0.25, 0.3) is 0 Å². The van der Waals surface area contributed by atoms with Crippen LogP contribution in [0.2, 0.25) is 0 Å². The molecule has 0 saturated carbocycles. The summed E-state index contributed by atoms with van der Waals surface area (Å²) in [5.41, 5.74) is 1.30. The minimum absolute atomic E-state index is 0.213. The van der Waals surface area contributed by atoms with Crippen LogP contribution < -0.4 is 5.32 Å². The van der Waals surface area contributed by atoms with Gasteiger partial charge < -0.3 is 5.32 Å². The SMILES string of the molecule is O=C(/C=C/C(=O)c1ccc(Br)cc1)NCc1ccccn1. The van der Waals surface area contributed by atoms with Crippen molar-refractivity contribution in [1.82, 2.24) is 10.3 Å². The van der Waals surface area contributed by atoms with E-state index in [2.05, 4.69) is 26.2 Å². The van der Waals surface area contributed by atoms with Crippen molar-refractivity contribution < 1.29 is 9.59 Å². The summed E-state index contributed by atoms with van der Waals surface area (Å²) in [5.74, 6) is -0.540. The third-order valence-electron chi connectivity index (χ3n) is 2.68. The highest BCUT2D eigenvalue weighted by atomic mass is 79.9. The van der Waals surface area contributed by atoms with Gasteiger partial charge in [-0.25, -0.2) is 0 Å². The number of nitrogens with zero attached hydrogens (tertiary/aromatic N) is 1. The zero-order chi connectivity index (χ0) is 15.1. The molecule has 1 N–H and O–H groups in total. The van der Waals surface area contributed by atoms with Gasteiger partial charge in [0.2, 0.25) is 5.91 Å². The van der Waals surface area contributed by atoms with Crippen molar-refractivity contribution in [1.29, 1.82) is 0 Å². The summed E-state index contributed by atoms with van der Waals surface area (Å²) in [4.78, 5) is 27.6. The Hall–Kier alpha value is -2.27. The Balaban J connectivity index is 1.87. The fourth-order valence-electron chi connectivity index (χ4n) is 1.60. The lowest BCUT2D eigenvalue weighted by Gasteiger charge is -2.01. The summed E-state index contributed by atoms with van der Waals surface area (Å²) in [5, 5.41) is 2.67. The number of benzene rings is 1. The molecule has 0 aliphatic carbocycles. The molecule has 106 valence electrons. The van der Waals surface area contributed by atoms with Crippen LogP contribution in [0.4, 0.5) is 0 Å². The van der Waals surface area contributed by atoms with Gasteiger partial charge >= 0.3 is 0 Å². The highest BCUT2D eigenvalue weighted by Gasteiger charge is 2.03. The molecule has 0 aliphatic rings. The van der Waals surface area contributed by atoms with E-state index in [0.29, 0.717) is 12.1 Å². The summed E-state index contributed by atoms with van der Waals surface area (Å²) < 4.78 is 0.899. The maximum Gasteiger partial charge on any atom is 0.244 e. The van der Waals surface area contributed by atoms with Gasteiger partial charge in [-0.15, -0.1) is 0 Å². The first-order valence-electron chi connectivity index (χ1n) is 6.31. The van der Waals surface area contributed by atoms with E-state index in [0.717, 1.165) is 10.2 Å². The average molecular weight is 345 g/mol. The second kappa shape index (κ2) is 7.50. The molecule has 0 unspecified atom stereocenters. The van der Waals surface area contributed by atoms with Crippen LogP contribution in [0.15, 0.2) is 65.3 Å². The zero-order valence-electron chi connectivity index (χ0n) is 11.1. The van der Waals surface area contributed by atoms with E-state index >= 15 is 0 Å². The molecule has 1 amide bonds. The van der Waals surface area contributed by atoms with Crippen molar-refractivity contribution >= 4 is 27.6 Å². The number of ketones is 1. The van der Waals surface area contributed by atoms with Crippen LogP contribution in [-0.4, -0.2) is 16.7 Å². The van der Waals surface area contributed by atoms with E-state index in [1.165, 1.54) is 12.2 Å². The van der Waals surface area contributed by atoms with Crippen molar-refractivity contribution in [3.05, 3.63) is 76.5 Å². The number of carbonyl (C=O) groups excluding carboxylic acids is 2. The van der Waals surface area contributed by atoms with Crippen molar-refractivity contribution in [2.45, 2.75) is 6.54 Å². The third-order valence-corrected chi connectivity index (χ3v) is 3.21. The Kier molecular flexibility index (Phi) is 5.40. The van der Waals surface area contributed by atoms with Crippen LogP contribution >= 0.6 is 15.9 Å². The van der Waals surface area contributed by atoms with Crippen molar-refractivity contribution in [3.63, 3.8) is 0 Å². The molecule has 4 nitrogen and oxygen atoms in total. The maximum atomic E-state index is 11.8. The first kappa shape index (κ1) is 15.1. The Bertz CT molecular complexity index is 652. The maximum absolute atomic E-state index is 11.8. The predicted octanol–water partition coefficient (Wildman–Crippen LogP) is 2.90. The predicted molar refractivity (Wildman–Crippen MR) is 83.7 cm³/mol. The van der Waals surface area contributed by atoms with Gasteiger partial charge in [0.15, 0.2) is 5.78 Å². The molecule has 0 spiro atoms. The molecular formula is C16H13BrN2O2. The number of rotatable bonds is 5. The van der Waals surface area contributed by atoms with E-state index in [1.807, 2.05) is 18.2 Å². The molecule has 1 aromatic carbocycles. The topological polar surface area (TPSA) is 59.1 Å². The smallest absolute Gasteiger partial charge is 0.244 e. The van der Waals surface area contributed by atoms with Crippen molar-refractivity contribution in [2.24, 2.45) is 0 Å². The number of hydrogen-bond acceptors (Lipinski definition) is 3. The molecule has 0 radical (unpaired) electrons. The number of amides is 1. The van der Waals surface area contributed by atoms with Crippen molar-refractivity contribution in [2.75, 3.05) is 0 Å². The summed E-state index contributed by atoms with van der Waals surface area (Å²) in [6.45, 7) is 0.330. The lowest BCUT2D eigenvalue weighted by atomic mass is 10.1. The van der Waals surface area contributed by atoms with E-state index in [9.17, 15) is 9.59 Å². The quantitative estimate of drug-likeness (QED) is 0.670. The lowest BCUT2D eigenvalue weighted by Crippen LogP contribution is -2.21. The second-order valence-electron chi connectivity index (χ2n) is 4.24. The molecular weight excluding hydrogens is 332 g/mol. The first-order chi connectivity index (χ1) is 10.1. The largest absolute Gasteiger partial charge is 0.347 e. The minimum atomic E-state index is -0.328. The van der Waals surface area contributed by atoms with Crippen LogP contribution in [0.25, 0.3) is 0 Å². The summed E-state index contributed by atoms with van der Waals surface area (Å²) in [7, 11) is 0. The van der Waals surface area contributed by atoms with Crippen molar-refractivity contribution in [3.8, 4) is 0 Å². The van der Waals surface area contributed by atoms with E-state index in [1.54, 1.807) is 30.5 Å². The molecule has 0 bridgehead atoms. The van der Waals surface area contributed by atoms with E-state index < -0.39 is 0 Å². The fourth-order valence-corrected chi connectivity index (χ4v) is 1.87. The van der Waals surface area contributed by atoms with Gasteiger partial charge in [-0.05, 0) is 42.5 Å². The van der Waals surface area contributed by atoms with Gasteiger partial charge in [-0.1, -0.05) is 22.0 Å². The van der Waals surface area contributed by atoms with Crippen LogP contribution in [0.1, 0.15) is 16.1 Å². The number of allylic oxidation sites excluding steroid dienone is 1. The molecule has 1 aromatic heterocycles. The Labute approximate surface area is 131 Å². The number of hydrogen-bond donors (Lipinski definition) is 1. The van der Waals surface area contributed by atoms with Gasteiger partial charge in [0.05, 0.1) is 12.2 Å². The Morgan fingerprint density at radius 1 is 1.10 bits per heavy atom. The second-order valence-corrected chi connectivity index (χ2v) is 5.16. The molecule has 21 heavy (non-hydrogen) atoms. The lowest BCUT2D eigenvalue weighted by molar-refractivity contribution is -0.116. The van der Waals surface area contributed by atoms with Gasteiger partial charge in [0.1, 0.15) is 0 Å². The molecule has 0 atom stereocenters. The first-order valence-corrected chi connectivity index (χ1v) is 7.10. The Morgan fingerprint density at radius 3 is 2.52 bits per heavy atom. The minimum Gasteiger partial charge on any atom is -0.347 e. The monoisotopic (exact) mass is 344 g/mol. The molecule has 0 fully saturated rings. The summed E-state index contributed by atoms with van der Waals surface area (Å²) in [6, 6.07) is 12.4. The molecule has 0 aliphatic heterocycles. The van der Waals surface area contributed by atoms with Crippen LogP contribution in [-0.2, 0) is 11.3 Å². The summed E-state index contributed by atoms with van der Waals surface area (Å²) in [6.07, 6.45) is 4.15. The van der Waals surface area contributed by atoms with Crippen LogP contribution in [0.5, 0.6) is 0 Å². The normalized spacial score (nSPS) is 10.5. The highest BCUT2D eigenvalue weighted by Crippen LogP contribution is 2.11. The molecule has 1 heterocycles. The van der Waals surface area contributed by atoms with Crippen LogP contribution in [0.3, 0.4) is 0 Å². The number of aromatic nitrogens is 1. The standard InChI is InChI=1S/C16H13BrN2O2/c17-13-6-4-12(5-7-13)15(20)8-9-16(21)19-11-14-3-1-2-10-18-14/h1-10H,11H2,(H,19,21)/b9-8+. The fraction of sp³-hybridized carbons (Fsp3) is 0.0625. The van der Waals surface area contributed by atoms with E-state index in [-0.39, 0.29) is 11.7 Å². The highest BCUT2D eigenvalue weighted by molar-refractivity contribution is 9.10.